The van der Waals surface area contributed by atoms with Gasteiger partial charge in [0.05, 0.1) is 11.4 Å². The first-order valence-corrected chi connectivity index (χ1v) is 6.89. The van der Waals surface area contributed by atoms with Crippen LogP contribution >= 0.6 is 0 Å². The van der Waals surface area contributed by atoms with Gasteiger partial charge in [-0.1, -0.05) is 13.8 Å². The van der Waals surface area contributed by atoms with Gasteiger partial charge >= 0.3 is 0 Å². The van der Waals surface area contributed by atoms with Gasteiger partial charge in [-0.25, -0.2) is 0 Å². The van der Waals surface area contributed by atoms with Crippen molar-refractivity contribution in [1.29, 1.82) is 0 Å². The van der Waals surface area contributed by atoms with Crippen molar-refractivity contribution in [2.45, 2.75) is 52.2 Å². The molecule has 1 aromatic heterocycles. The molecule has 1 aliphatic rings. The van der Waals surface area contributed by atoms with Crippen molar-refractivity contribution in [1.82, 2.24) is 20.2 Å². The molecule has 2 heterocycles. The van der Waals surface area contributed by atoms with Gasteiger partial charge in [-0.05, 0) is 26.3 Å². The van der Waals surface area contributed by atoms with E-state index in [1.165, 1.54) is 19.4 Å². The Labute approximate surface area is 110 Å². The molecular weight excluding hydrogens is 224 g/mol. The minimum Gasteiger partial charge on any atom is -0.311 e. The van der Waals surface area contributed by atoms with Crippen LogP contribution in [0.5, 0.6) is 0 Å². The number of hydrogen-bond acceptors (Lipinski definition) is 4. The molecule has 100 valence electrons. The smallest absolute Gasteiger partial charge is 0.0727 e. The number of nitrogens with one attached hydrogen (secondary N) is 1. The van der Waals surface area contributed by atoms with Crippen molar-refractivity contribution in [3.63, 3.8) is 0 Å². The molecule has 4 heteroatoms. The van der Waals surface area contributed by atoms with Crippen LogP contribution in [0.2, 0.25) is 0 Å². The number of aryl methyl sites for hydroxylation is 1. The zero-order valence-electron chi connectivity index (χ0n) is 11.7. The summed E-state index contributed by atoms with van der Waals surface area (Å²) in [5, 5.41) is 3.63. The maximum atomic E-state index is 4.43. The molecule has 1 N–H and O–H groups in total. The molecule has 1 aromatic rings. The van der Waals surface area contributed by atoms with Gasteiger partial charge in [0.2, 0.25) is 0 Å². The highest BCUT2D eigenvalue weighted by atomic mass is 15.2. The molecule has 2 rings (SSSR count). The first-order chi connectivity index (χ1) is 8.63. The quantitative estimate of drug-likeness (QED) is 0.881. The third-order valence-corrected chi connectivity index (χ3v) is 3.29. The Balaban J connectivity index is 1.87. The van der Waals surface area contributed by atoms with Crippen molar-refractivity contribution >= 4 is 0 Å². The summed E-state index contributed by atoms with van der Waals surface area (Å²) in [4.78, 5) is 11.2. The molecule has 1 unspecified atom stereocenters. The van der Waals surface area contributed by atoms with Crippen molar-refractivity contribution < 1.29 is 0 Å². The van der Waals surface area contributed by atoms with Crippen LogP contribution in [0.1, 0.15) is 38.1 Å². The molecule has 0 radical (unpaired) electrons. The maximum Gasteiger partial charge on any atom is 0.0727 e. The van der Waals surface area contributed by atoms with Gasteiger partial charge in [0.1, 0.15) is 0 Å². The zero-order chi connectivity index (χ0) is 13.0. The van der Waals surface area contributed by atoms with E-state index in [0.717, 1.165) is 24.5 Å². The fourth-order valence-corrected chi connectivity index (χ4v) is 2.54. The third kappa shape index (κ3) is 4.03. The lowest BCUT2D eigenvalue weighted by atomic mass is 10.0. The van der Waals surface area contributed by atoms with Gasteiger partial charge in [-0.3, -0.25) is 14.9 Å². The summed E-state index contributed by atoms with van der Waals surface area (Å²) in [6, 6.07) is 1.19. The molecule has 0 bridgehead atoms. The molecule has 4 nitrogen and oxygen atoms in total. The number of likely N-dealkylation sites (tertiary alicyclic amines) is 1. The Morgan fingerprint density at radius 2 is 2.22 bits per heavy atom. The molecule has 1 atom stereocenters. The Hall–Kier alpha value is -1.00. The highest BCUT2D eigenvalue weighted by Gasteiger charge is 2.20. The van der Waals surface area contributed by atoms with Crippen LogP contribution in [-0.2, 0) is 6.54 Å². The number of aromatic nitrogens is 2. The first-order valence-electron chi connectivity index (χ1n) is 6.89. The lowest BCUT2D eigenvalue weighted by molar-refractivity contribution is 0.176. The van der Waals surface area contributed by atoms with Crippen LogP contribution in [0.3, 0.4) is 0 Å². The van der Waals surface area contributed by atoms with E-state index in [1.807, 2.05) is 19.3 Å². The van der Waals surface area contributed by atoms with E-state index in [9.17, 15) is 0 Å². The van der Waals surface area contributed by atoms with Crippen LogP contribution in [0, 0.1) is 6.92 Å². The van der Waals surface area contributed by atoms with Gasteiger partial charge in [0, 0.05) is 37.6 Å². The number of nitrogens with zero attached hydrogens (tertiary/aromatic N) is 3. The van der Waals surface area contributed by atoms with Crippen LogP contribution in [0.15, 0.2) is 12.4 Å². The van der Waals surface area contributed by atoms with Crippen LogP contribution in [-0.4, -0.2) is 40.0 Å². The maximum absolute atomic E-state index is 4.43. The standard InChI is InChI=1S/C14H24N4/c1-11(2)17-13-5-4-6-18(9-13)10-14-8-15-12(3)7-16-14/h7-8,11,13,17H,4-6,9-10H2,1-3H3. The van der Waals surface area contributed by atoms with E-state index in [-0.39, 0.29) is 0 Å². The highest BCUT2D eigenvalue weighted by molar-refractivity contribution is 5.01. The minimum atomic E-state index is 0.564. The van der Waals surface area contributed by atoms with E-state index >= 15 is 0 Å². The SMILES string of the molecule is Cc1cnc(CN2CCCC(NC(C)C)C2)cn1. The number of piperidine rings is 1. The minimum absolute atomic E-state index is 0.564. The van der Waals surface area contributed by atoms with Crippen molar-refractivity contribution in [2.75, 3.05) is 13.1 Å². The lowest BCUT2D eigenvalue weighted by Gasteiger charge is -2.34. The average molecular weight is 248 g/mol. The summed E-state index contributed by atoms with van der Waals surface area (Å²) in [5.41, 5.74) is 2.06. The van der Waals surface area contributed by atoms with Crippen LogP contribution < -0.4 is 5.32 Å². The topological polar surface area (TPSA) is 41.1 Å². The summed E-state index contributed by atoms with van der Waals surface area (Å²) < 4.78 is 0. The lowest BCUT2D eigenvalue weighted by Crippen LogP contribution is -2.47. The molecule has 0 aliphatic carbocycles. The van der Waals surface area contributed by atoms with E-state index < -0.39 is 0 Å². The molecule has 0 aromatic carbocycles. The fourth-order valence-electron chi connectivity index (χ4n) is 2.54. The van der Waals surface area contributed by atoms with Gasteiger partial charge in [-0.15, -0.1) is 0 Å². The van der Waals surface area contributed by atoms with E-state index in [4.69, 9.17) is 0 Å². The van der Waals surface area contributed by atoms with E-state index in [2.05, 4.69) is 34.0 Å². The summed E-state index contributed by atoms with van der Waals surface area (Å²) in [6.07, 6.45) is 6.30. The number of rotatable bonds is 4. The predicted molar refractivity (Wildman–Crippen MR) is 73.3 cm³/mol. The van der Waals surface area contributed by atoms with Crippen molar-refractivity contribution in [2.24, 2.45) is 0 Å². The summed E-state index contributed by atoms with van der Waals surface area (Å²) in [7, 11) is 0. The third-order valence-electron chi connectivity index (χ3n) is 3.29. The summed E-state index contributed by atoms with van der Waals surface area (Å²) in [6.45, 7) is 9.61. The normalized spacial score (nSPS) is 21.4. The Morgan fingerprint density at radius 1 is 1.39 bits per heavy atom. The zero-order valence-corrected chi connectivity index (χ0v) is 11.7. The molecule has 0 saturated carbocycles. The summed E-state index contributed by atoms with van der Waals surface area (Å²) >= 11 is 0. The largest absolute Gasteiger partial charge is 0.311 e. The Kier molecular flexibility index (Phi) is 4.66. The molecule has 1 fully saturated rings. The monoisotopic (exact) mass is 248 g/mol. The van der Waals surface area contributed by atoms with Crippen molar-refractivity contribution in [3.8, 4) is 0 Å². The summed E-state index contributed by atoms with van der Waals surface area (Å²) in [5.74, 6) is 0. The van der Waals surface area contributed by atoms with E-state index in [0.29, 0.717) is 12.1 Å². The first kappa shape index (κ1) is 13.4. The van der Waals surface area contributed by atoms with Gasteiger partial charge in [-0.2, -0.15) is 0 Å². The van der Waals surface area contributed by atoms with Crippen LogP contribution in [0.25, 0.3) is 0 Å². The molecule has 0 amide bonds. The highest BCUT2D eigenvalue weighted by Crippen LogP contribution is 2.13. The Morgan fingerprint density at radius 3 is 2.89 bits per heavy atom. The van der Waals surface area contributed by atoms with Gasteiger partial charge in [0.25, 0.3) is 0 Å². The van der Waals surface area contributed by atoms with Crippen LogP contribution in [0.4, 0.5) is 0 Å². The Bertz CT molecular complexity index is 361. The molecular formula is C14H24N4. The molecule has 18 heavy (non-hydrogen) atoms. The van der Waals surface area contributed by atoms with Crippen molar-refractivity contribution in [3.05, 3.63) is 23.8 Å². The van der Waals surface area contributed by atoms with E-state index in [1.54, 1.807) is 0 Å². The van der Waals surface area contributed by atoms with Gasteiger partial charge in [0.15, 0.2) is 0 Å². The second kappa shape index (κ2) is 6.25. The second-order valence-electron chi connectivity index (χ2n) is 5.54. The molecule has 1 aliphatic heterocycles. The molecule has 0 spiro atoms. The average Bonchev–Trinajstić information content (AvgIpc) is 2.32. The van der Waals surface area contributed by atoms with Gasteiger partial charge < -0.3 is 5.32 Å². The second-order valence-corrected chi connectivity index (χ2v) is 5.54. The predicted octanol–water partition coefficient (Wildman–Crippen LogP) is 1.75. The fraction of sp³-hybridized carbons (Fsp3) is 0.714. The number of hydrogen-bond donors (Lipinski definition) is 1. The molecule has 1 saturated heterocycles.